The van der Waals surface area contributed by atoms with Crippen molar-refractivity contribution in [1.29, 1.82) is 0 Å². The summed E-state index contributed by atoms with van der Waals surface area (Å²) in [6, 6.07) is 1.92. The number of anilines is 1. The molecule has 1 N–H and O–H groups in total. The number of aromatic nitrogens is 2. The van der Waals surface area contributed by atoms with Crippen LogP contribution in [0.3, 0.4) is 0 Å². The van der Waals surface area contributed by atoms with Gasteiger partial charge in [-0.3, -0.25) is 0 Å². The summed E-state index contributed by atoms with van der Waals surface area (Å²) < 4.78 is 0.812. The predicted molar refractivity (Wildman–Crippen MR) is 66.5 cm³/mol. The van der Waals surface area contributed by atoms with Crippen molar-refractivity contribution in [2.75, 3.05) is 18.0 Å². The highest BCUT2D eigenvalue weighted by Gasteiger charge is 2.27. The third kappa shape index (κ3) is 2.71. The molecule has 0 bridgehead atoms. The minimum Gasteiger partial charge on any atom is -0.390 e. The Morgan fingerprint density at radius 3 is 2.56 bits per heavy atom. The molecule has 1 aliphatic rings. The average molecular weight is 286 g/mol. The fraction of sp³-hybridized carbons (Fsp3) is 0.636. The van der Waals surface area contributed by atoms with Gasteiger partial charge >= 0.3 is 0 Å². The van der Waals surface area contributed by atoms with Gasteiger partial charge in [0, 0.05) is 19.2 Å². The molecular weight excluding hydrogens is 270 g/mol. The number of nitrogens with zero attached hydrogens (tertiary/aromatic N) is 3. The Morgan fingerprint density at radius 2 is 2.00 bits per heavy atom. The largest absolute Gasteiger partial charge is 0.390 e. The van der Waals surface area contributed by atoms with Crippen LogP contribution in [0.25, 0.3) is 0 Å². The lowest BCUT2D eigenvalue weighted by molar-refractivity contribution is 0.0350. The molecule has 0 aromatic carbocycles. The summed E-state index contributed by atoms with van der Waals surface area (Å²) in [6.07, 6.45) is 1.57. The molecule has 0 amide bonds. The first-order valence-electron chi connectivity index (χ1n) is 5.45. The number of aryl methyl sites for hydroxylation is 1. The molecule has 1 saturated heterocycles. The van der Waals surface area contributed by atoms with E-state index in [9.17, 15) is 5.11 Å². The van der Waals surface area contributed by atoms with Gasteiger partial charge in [-0.25, -0.2) is 9.97 Å². The van der Waals surface area contributed by atoms with Crippen molar-refractivity contribution in [3.8, 4) is 0 Å². The Balaban J connectivity index is 2.14. The zero-order valence-corrected chi connectivity index (χ0v) is 11.2. The van der Waals surface area contributed by atoms with Gasteiger partial charge in [0.2, 0.25) is 0 Å². The maximum absolute atomic E-state index is 9.88. The molecule has 0 saturated carbocycles. The number of rotatable bonds is 1. The third-order valence-corrected chi connectivity index (χ3v) is 3.36. The Morgan fingerprint density at radius 1 is 1.38 bits per heavy atom. The SMILES string of the molecule is Cc1nc(Br)cc(N2CCC(C)(O)CC2)n1. The molecule has 1 aromatic rings. The molecule has 16 heavy (non-hydrogen) atoms. The van der Waals surface area contributed by atoms with Gasteiger partial charge in [0.05, 0.1) is 5.60 Å². The average Bonchev–Trinajstić information content (AvgIpc) is 2.15. The van der Waals surface area contributed by atoms with E-state index in [-0.39, 0.29) is 0 Å². The lowest BCUT2D eigenvalue weighted by Crippen LogP contribution is -2.42. The van der Waals surface area contributed by atoms with E-state index in [2.05, 4.69) is 30.8 Å². The lowest BCUT2D eigenvalue weighted by Gasteiger charge is -2.36. The Labute approximate surface area is 104 Å². The van der Waals surface area contributed by atoms with E-state index in [1.807, 2.05) is 19.9 Å². The topological polar surface area (TPSA) is 49.2 Å². The van der Waals surface area contributed by atoms with Gasteiger partial charge in [-0.2, -0.15) is 0 Å². The van der Waals surface area contributed by atoms with Crippen LogP contribution in [0.1, 0.15) is 25.6 Å². The molecule has 1 aromatic heterocycles. The molecule has 88 valence electrons. The van der Waals surface area contributed by atoms with E-state index in [0.717, 1.165) is 42.2 Å². The highest BCUT2D eigenvalue weighted by Crippen LogP contribution is 2.25. The van der Waals surface area contributed by atoms with E-state index in [0.29, 0.717) is 0 Å². The summed E-state index contributed by atoms with van der Waals surface area (Å²) in [5, 5.41) is 9.88. The van der Waals surface area contributed by atoms with E-state index in [4.69, 9.17) is 0 Å². The van der Waals surface area contributed by atoms with Crippen molar-refractivity contribution in [2.24, 2.45) is 0 Å². The molecule has 0 atom stereocenters. The van der Waals surface area contributed by atoms with E-state index >= 15 is 0 Å². The van der Waals surface area contributed by atoms with Crippen molar-refractivity contribution in [1.82, 2.24) is 9.97 Å². The summed E-state index contributed by atoms with van der Waals surface area (Å²) in [7, 11) is 0. The van der Waals surface area contributed by atoms with Crippen molar-refractivity contribution in [3.63, 3.8) is 0 Å². The van der Waals surface area contributed by atoms with Crippen molar-refractivity contribution in [2.45, 2.75) is 32.3 Å². The quantitative estimate of drug-likeness (QED) is 0.801. The van der Waals surface area contributed by atoms with Gasteiger partial charge in [0.15, 0.2) is 0 Å². The summed E-state index contributed by atoms with van der Waals surface area (Å²) in [5.41, 5.74) is -0.518. The van der Waals surface area contributed by atoms with Crippen LogP contribution in [-0.2, 0) is 0 Å². The van der Waals surface area contributed by atoms with Gasteiger partial charge in [-0.05, 0) is 42.6 Å². The number of piperidine rings is 1. The lowest BCUT2D eigenvalue weighted by atomic mass is 9.94. The minimum absolute atomic E-state index is 0.518. The van der Waals surface area contributed by atoms with Crippen LogP contribution in [0.4, 0.5) is 5.82 Å². The van der Waals surface area contributed by atoms with E-state index in [1.54, 1.807) is 0 Å². The molecule has 2 heterocycles. The zero-order chi connectivity index (χ0) is 11.8. The second-order valence-corrected chi connectivity index (χ2v) is 5.39. The van der Waals surface area contributed by atoms with E-state index < -0.39 is 5.60 Å². The molecule has 0 radical (unpaired) electrons. The van der Waals surface area contributed by atoms with Crippen LogP contribution in [0.2, 0.25) is 0 Å². The maximum atomic E-state index is 9.88. The molecule has 0 spiro atoms. The van der Waals surface area contributed by atoms with Crippen LogP contribution >= 0.6 is 15.9 Å². The van der Waals surface area contributed by atoms with Gasteiger partial charge in [-0.1, -0.05) is 0 Å². The first-order chi connectivity index (χ1) is 7.46. The van der Waals surface area contributed by atoms with Crippen LogP contribution in [0, 0.1) is 6.92 Å². The van der Waals surface area contributed by atoms with Crippen molar-refractivity contribution >= 4 is 21.7 Å². The van der Waals surface area contributed by atoms with E-state index in [1.165, 1.54) is 0 Å². The molecule has 0 aliphatic carbocycles. The molecule has 5 heteroatoms. The number of halogens is 1. The zero-order valence-electron chi connectivity index (χ0n) is 9.57. The Hall–Kier alpha value is -0.680. The highest BCUT2D eigenvalue weighted by molar-refractivity contribution is 9.10. The molecule has 1 aliphatic heterocycles. The summed E-state index contributed by atoms with van der Waals surface area (Å²) in [6.45, 7) is 5.46. The Bertz CT molecular complexity index is 365. The first kappa shape index (κ1) is 11.8. The van der Waals surface area contributed by atoms with Gasteiger partial charge in [0.1, 0.15) is 16.2 Å². The van der Waals surface area contributed by atoms with Gasteiger partial charge < -0.3 is 10.0 Å². The first-order valence-corrected chi connectivity index (χ1v) is 6.24. The summed E-state index contributed by atoms with van der Waals surface area (Å²) >= 11 is 3.37. The Kier molecular flexibility index (Phi) is 3.17. The highest BCUT2D eigenvalue weighted by atomic mass is 79.9. The molecular formula is C11H16BrN3O. The van der Waals surface area contributed by atoms with Crippen LogP contribution in [-0.4, -0.2) is 33.8 Å². The smallest absolute Gasteiger partial charge is 0.133 e. The third-order valence-electron chi connectivity index (χ3n) is 2.96. The molecule has 2 rings (SSSR count). The minimum atomic E-state index is -0.518. The predicted octanol–water partition coefficient (Wildman–Crippen LogP) is 1.90. The fourth-order valence-corrected chi connectivity index (χ4v) is 2.36. The maximum Gasteiger partial charge on any atom is 0.133 e. The van der Waals surface area contributed by atoms with Gasteiger partial charge in [-0.15, -0.1) is 0 Å². The number of aliphatic hydroxyl groups is 1. The fourth-order valence-electron chi connectivity index (χ4n) is 1.90. The second kappa shape index (κ2) is 4.30. The molecule has 0 unspecified atom stereocenters. The van der Waals surface area contributed by atoms with Crippen LogP contribution in [0.5, 0.6) is 0 Å². The monoisotopic (exact) mass is 285 g/mol. The number of hydrogen-bond donors (Lipinski definition) is 1. The van der Waals surface area contributed by atoms with Crippen molar-refractivity contribution in [3.05, 3.63) is 16.5 Å². The summed E-state index contributed by atoms with van der Waals surface area (Å²) in [5.74, 6) is 1.71. The second-order valence-electron chi connectivity index (χ2n) is 4.58. The normalized spacial score (nSPS) is 19.9. The number of hydrogen-bond acceptors (Lipinski definition) is 4. The van der Waals surface area contributed by atoms with Gasteiger partial charge in [0.25, 0.3) is 0 Å². The van der Waals surface area contributed by atoms with Crippen LogP contribution < -0.4 is 4.90 Å². The summed E-state index contributed by atoms with van der Waals surface area (Å²) in [4.78, 5) is 10.8. The molecule has 4 nitrogen and oxygen atoms in total. The van der Waals surface area contributed by atoms with Crippen LogP contribution in [0.15, 0.2) is 10.7 Å². The standard InChI is InChI=1S/C11H16BrN3O/c1-8-13-9(12)7-10(14-8)15-5-3-11(2,16)4-6-15/h7,16H,3-6H2,1-2H3. The van der Waals surface area contributed by atoms with Crippen molar-refractivity contribution < 1.29 is 5.11 Å². The molecule has 1 fully saturated rings.